The van der Waals surface area contributed by atoms with Gasteiger partial charge in [-0.2, -0.15) is 0 Å². The van der Waals surface area contributed by atoms with Gasteiger partial charge in [0.05, 0.1) is 5.69 Å². The highest BCUT2D eigenvalue weighted by atomic mass is 35.5. The summed E-state index contributed by atoms with van der Waals surface area (Å²) in [5, 5.41) is 0.641. The molecule has 2 N–H and O–H groups in total. The van der Waals surface area contributed by atoms with Crippen LogP contribution in [0.25, 0.3) is 22.4 Å². The molecule has 116 valence electrons. The normalized spacial score (nSPS) is 12.1. The average molecular weight is 344 g/mol. The third-order valence-corrected chi connectivity index (χ3v) is 4.57. The maximum Gasteiger partial charge on any atom is 0.220 e. The molecule has 0 aliphatic rings. The molecule has 3 rings (SSSR count). The van der Waals surface area contributed by atoms with E-state index in [1.807, 2.05) is 48.5 Å². The summed E-state index contributed by atoms with van der Waals surface area (Å²) in [5.41, 5.74) is 9.10. The lowest BCUT2D eigenvalue weighted by Gasteiger charge is -2.10. The molecule has 23 heavy (non-hydrogen) atoms. The summed E-state index contributed by atoms with van der Waals surface area (Å²) in [6, 6.07) is 14.9. The maximum absolute atomic E-state index is 11.5. The van der Waals surface area contributed by atoms with Gasteiger partial charge in [-0.25, -0.2) is 9.97 Å². The first-order valence-corrected chi connectivity index (χ1v) is 8.80. The van der Waals surface area contributed by atoms with Crippen LogP contribution in [-0.4, -0.2) is 20.4 Å². The molecule has 1 unspecified atom stereocenters. The molecular formula is C17H14ClN3OS. The molecule has 4 nitrogen and oxygen atoms in total. The fourth-order valence-electron chi connectivity index (χ4n) is 2.29. The molecule has 0 spiro atoms. The number of nitrogens with zero attached hydrogens (tertiary/aromatic N) is 2. The molecule has 0 aliphatic heterocycles. The van der Waals surface area contributed by atoms with Crippen LogP contribution in [0.4, 0.5) is 5.95 Å². The monoisotopic (exact) mass is 343 g/mol. The lowest BCUT2D eigenvalue weighted by atomic mass is 10.0. The van der Waals surface area contributed by atoms with E-state index in [4.69, 9.17) is 17.3 Å². The number of rotatable bonds is 3. The highest BCUT2D eigenvalue weighted by molar-refractivity contribution is 7.84. The number of aromatic nitrogens is 2. The van der Waals surface area contributed by atoms with Crippen molar-refractivity contribution in [3.63, 3.8) is 0 Å². The largest absolute Gasteiger partial charge is 0.368 e. The summed E-state index contributed by atoms with van der Waals surface area (Å²) < 4.78 is 11.5. The molecule has 0 saturated carbocycles. The second kappa shape index (κ2) is 6.48. The second-order valence-electron chi connectivity index (χ2n) is 4.98. The Morgan fingerprint density at radius 1 is 1.09 bits per heavy atom. The minimum absolute atomic E-state index is 0.203. The van der Waals surface area contributed by atoms with Crippen LogP contribution in [0.3, 0.4) is 0 Å². The maximum atomic E-state index is 11.5. The Balaban J connectivity index is 2.15. The van der Waals surface area contributed by atoms with Crippen molar-refractivity contribution in [3.05, 3.63) is 59.8 Å². The number of anilines is 1. The van der Waals surface area contributed by atoms with Crippen LogP contribution in [0.15, 0.2) is 59.6 Å². The van der Waals surface area contributed by atoms with Gasteiger partial charge < -0.3 is 5.73 Å². The average Bonchev–Trinajstić information content (AvgIpc) is 2.55. The zero-order valence-corrected chi connectivity index (χ0v) is 13.9. The Labute approximate surface area is 141 Å². The molecule has 0 fully saturated rings. The minimum atomic E-state index is -1.02. The van der Waals surface area contributed by atoms with E-state index in [9.17, 15) is 4.21 Å². The van der Waals surface area contributed by atoms with E-state index in [2.05, 4.69) is 9.97 Å². The van der Waals surface area contributed by atoms with E-state index < -0.39 is 10.8 Å². The fraction of sp³-hybridized carbons (Fsp3) is 0.0588. The summed E-state index contributed by atoms with van der Waals surface area (Å²) in [6.45, 7) is 0. The molecular weight excluding hydrogens is 330 g/mol. The lowest BCUT2D eigenvalue weighted by molar-refractivity contribution is 0.687. The molecule has 6 heteroatoms. The summed E-state index contributed by atoms with van der Waals surface area (Å²) in [4.78, 5) is 9.23. The molecule has 3 aromatic rings. The number of halogens is 1. The summed E-state index contributed by atoms with van der Waals surface area (Å²) in [5.74, 6) is 0.203. The molecule has 0 amide bonds. The van der Waals surface area contributed by atoms with Gasteiger partial charge in [0.25, 0.3) is 0 Å². The topological polar surface area (TPSA) is 68.9 Å². The fourth-order valence-corrected chi connectivity index (χ4v) is 3.00. The highest BCUT2D eigenvalue weighted by Gasteiger charge is 2.11. The van der Waals surface area contributed by atoms with Crippen LogP contribution < -0.4 is 5.73 Å². The lowest BCUT2D eigenvalue weighted by Crippen LogP contribution is -1.99. The Morgan fingerprint density at radius 2 is 1.83 bits per heavy atom. The molecule has 0 radical (unpaired) electrons. The van der Waals surface area contributed by atoms with Crippen LogP contribution in [-0.2, 0) is 10.8 Å². The Hall–Kier alpha value is -2.24. The number of hydrogen-bond donors (Lipinski definition) is 1. The molecule has 0 aliphatic carbocycles. The zero-order valence-electron chi connectivity index (χ0n) is 12.4. The van der Waals surface area contributed by atoms with E-state index in [-0.39, 0.29) is 5.95 Å². The number of hydrogen-bond acceptors (Lipinski definition) is 4. The van der Waals surface area contributed by atoms with Gasteiger partial charge in [-0.1, -0.05) is 35.9 Å². The standard InChI is InChI=1S/C17H14ClN3OS/c1-23(22)14-7-5-11(6-8-14)16-15(10-20-17(19)21-16)12-3-2-4-13(18)9-12/h2-10H,1H3,(H2,19,20,21). The number of benzene rings is 2. The van der Waals surface area contributed by atoms with E-state index in [1.165, 1.54) is 0 Å². The van der Waals surface area contributed by atoms with Gasteiger partial charge in [-0.3, -0.25) is 4.21 Å². The Kier molecular flexibility index (Phi) is 4.41. The molecule has 0 saturated heterocycles. The molecule has 1 atom stereocenters. The van der Waals surface area contributed by atoms with E-state index >= 15 is 0 Å². The van der Waals surface area contributed by atoms with Gasteiger partial charge in [-0.15, -0.1) is 0 Å². The first kappa shape index (κ1) is 15.6. The van der Waals surface area contributed by atoms with Crippen molar-refractivity contribution in [1.82, 2.24) is 9.97 Å². The van der Waals surface area contributed by atoms with Crippen LogP contribution in [0, 0.1) is 0 Å². The van der Waals surface area contributed by atoms with E-state index in [0.29, 0.717) is 10.7 Å². The number of nitrogen functional groups attached to an aromatic ring is 1. The predicted molar refractivity (Wildman–Crippen MR) is 94.7 cm³/mol. The van der Waals surface area contributed by atoms with Crippen LogP contribution in [0.1, 0.15) is 0 Å². The smallest absolute Gasteiger partial charge is 0.220 e. The van der Waals surface area contributed by atoms with Crippen molar-refractivity contribution in [2.75, 3.05) is 12.0 Å². The summed E-state index contributed by atoms with van der Waals surface area (Å²) >= 11 is 6.08. The molecule has 1 heterocycles. The summed E-state index contributed by atoms with van der Waals surface area (Å²) in [7, 11) is -1.02. The second-order valence-corrected chi connectivity index (χ2v) is 6.80. The third kappa shape index (κ3) is 3.41. The molecule has 2 aromatic carbocycles. The van der Waals surface area contributed by atoms with Gasteiger partial charge in [0.2, 0.25) is 5.95 Å². The van der Waals surface area contributed by atoms with Gasteiger partial charge in [0.1, 0.15) is 0 Å². The SMILES string of the molecule is CS(=O)c1ccc(-c2nc(N)ncc2-c2cccc(Cl)c2)cc1. The van der Waals surface area contributed by atoms with Crippen molar-refractivity contribution in [2.45, 2.75) is 4.90 Å². The van der Waals surface area contributed by atoms with Crippen molar-refractivity contribution < 1.29 is 4.21 Å². The number of nitrogens with two attached hydrogens (primary N) is 1. The summed E-state index contributed by atoms with van der Waals surface area (Å²) in [6.07, 6.45) is 3.34. The zero-order chi connectivity index (χ0) is 16.4. The predicted octanol–water partition coefficient (Wildman–Crippen LogP) is 3.78. The highest BCUT2D eigenvalue weighted by Crippen LogP contribution is 2.32. The first-order chi connectivity index (χ1) is 11.0. The third-order valence-electron chi connectivity index (χ3n) is 3.40. The van der Waals surface area contributed by atoms with Gasteiger partial charge in [-0.05, 0) is 29.8 Å². The van der Waals surface area contributed by atoms with E-state index in [1.54, 1.807) is 12.5 Å². The van der Waals surface area contributed by atoms with Crippen molar-refractivity contribution >= 4 is 28.3 Å². The molecule has 0 bridgehead atoms. The first-order valence-electron chi connectivity index (χ1n) is 6.87. The minimum Gasteiger partial charge on any atom is -0.368 e. The molecule has 1 aromatic heterocycles. The van der Waals surface area contributed by atoms with Crippen LogP contribution in [0.2, 0.25) is 5.02 Å². The Bertz CT molecular complexity index is 881. The van der Waals surface area contributed by atoms with Crippen molar-refractivity contribution in [3.8, 4) is 22.4 Å². The quantitative estimate of drug-likeness (QED) is 0.785. The van der Waals surface area contributed by atoms with Crippen LogP contribution >= 0.6 is 11.6 Å². The van der Waals surface area contributed by atoms with Crippen molar-refractivity contribution in [1.29, 1.82) is 0 Å². The van der Waals surface area contributed by atoms with Gasteiger partial charge in [0.15, 0.2) is 0 Å². The van der Waals surface area contributed by atoms with Gasteiger partial charge >= 0.3 is 0 Å². The van der Waals surface area contributed by atoms with Crippen LogP contribution in [0.5, 0.6) is 0 Å². The van der Waals surface area contributed by atoms with E-state index in [0.717, 1.165) is 21.6 Å². The van der Waals surface area contributed by atoms with Crippen molar-refractivity contribution in [2.24, 2.45) is 0 Å². The van der Waals surface area contributed by atoms with Gasteiger partial charge in [0, 0.05) is 44.3 Å². The Morgan fingerprint density at radius 3 is 2.48 bits per heavy atom.